The van der Waals surface area contributed by atoms with E-state index in [1.54, 1.807) is 46.3 Å². The van der Waals surface area contributed by atoms with Crippen LogP contribution < -0.4 is 14.8 Å². The number of aromatic nitrogens is 2. The molecule has 1 aliphatic rings. The highest BCUT2D eigenvalue weighted by Crippen LogP contribution is 2.41. The van der Waals surface area contributed by atoms with Crippen molar-refractivity contribution in [2.45, 2.75) is 44.5 Å². The van der Waals surface area contributed by atoms with Gasteiger partial charge in [-0.1, -0.05) is 12.1 Å². The van der Waals surface area contributed by atoms with Gasteiger partial charge in [0.2, 0.25) is 0 Å². The molecule has 1 aliphatic carbocycles. The Bertz CT molecular complexity index is 1160. The molecule has 4 rings (SSSR count). The quantitative estimate of drug-likeness (QED) is 0.465. The van der Waals surface area contributed by atoms with Crippen LogP contribution in [0.25, 0.3) is 10.9 Å². The molecule has 0 radical (unpaired) electrons. The van der Waals surface area contributed by atoms with Crippen molar-refractivity contribution in [3.8, 4) is 11.5 Å². The van der Waals surface area contributed by atoms with Crippen LogP contribution >= 0.6 is 0 Å². The zero-order chi connectivity index (χ0) is 23.8. The third-order valence-electron chi connectivity index (χ3n) is 5.89. The summed E-state index contributed by atoms with van der Waals surface area (Å²) in [6.45, 7) is 3.93. The van der Waals surface area contributed by atoms with Crippen LogP contribution in [-0.4, -0.2) is 36.4 Å². The van der Waals surface area contributed by atoms with Crippen molar-refractivity contribution in [1.82, 2.24) is 9.97 Å². The standard InChI is InChI=1S/C24H26F3N3O3/c1-14(16-6-5-7-17(10-16)24(25,26)27)28-22-18-11-21(33-13-23(32-4)8-9-23)20(31-3)12-19(18)29-15(2)30-22/h5-7,10-12,14H,8-9,13H2,1-4H3,(H,28,29,30)/t14-/m1/s1. The molecule has 9 heteroatoms. The number of halogens is 3. The number of hydrogen-bond acceptors (Lipinski definition) is 6. The summed E-state index contributed by atoms with van der Waals surface area (Å²) in [5.74, 6) is 2.08. The summed E-state index contributed by atoms with van der Waals surface area (Å²) in [5, 5.41) is 3.92. The Kier molecular flexibility index (Phi) is 6.09. The van der Waals surface area contributed by atoms with E-state index in [0.717, 1.165) is 25.0 Å². The number of benzene rings is 2. The molecule has 1 atom stereocenters. The van der Waals surface area contributed by atoms with Gasteiger partial charge in [-0.25, -0.2) is 9.97 Å². The lowest BCUT2D eigenvalue weighted by Gasteiger charge is -2.20. The van der Waals surface area contributed by atoms with Crippen molar-refractivity contribution >= 4 is 16.7 Å². The van der Waals surface area contributed by atoms with E-state index in [1.165, 1.54) is 6.07 Å². The van der Waals surface area contributed by atoms with Crippen molar-refractivity contribution < 1.29 is 27.4 Å². The second kappa shape index (κ2) is 8.70. The second-order valence-electron chi connectivity index (χ2n) is 8.30. The van der Waals surface area contributed by atoms with Crippen LogP contribution in [0.2, 0.25) is 0 Å². The highest BCUT2D eigenvalue weighted by atomic mass is 19.4. The molecular formula is C24H26F3N3O3. The Labute approximate surface area is 190 Å². The maximum Gasteiger partial charge on any atom is 0.416 e. The van der Waals surface area contributed by atoms with Gasteiger partial charge in [0.25, 0.3) is 0 Å². The van der Waals surface area contributed by atoms with Gasteiger partial charge in [-0.3, -0.25) is 0 Å². The molecule has 1 N–H and O–H groups in total. The van der Waals surface area contributed by atoms with Crippen LogP contribution in [0.1, 0.15) is 42.8 Å². The van der Waals surface area contributed by atoms with Crippen LogP contribution in [0.5, 0.6) is 11.5 Å². The number of nitrogens with one attached hydrogen (secondary N) is 1. The molecule has 33 heavy (non-hydrogen) atoms. The van der Waals surface area contributed by atoms with Gasteiger partial charge < -0.3 is 19.5 Å². The van der Waals surface area contributed by atoms with Gasteiger partial charge in [0, 0.05) is 24.6 Å². The molecule has 176 valence electrons. The monoisotopic (exact) mass is 461 g/mol. The molecule has 1 fully saturated rings. The van der Waals surface area contributed by atoms with Gasteiger partial charge in [-0.15, -0.1) is 0 Å². The third-order valence-corrected chi connectivity index (χ3v) is 5.89. The molecule has 3 aromatic rings. The molecule has 1 heterocycles. The van der Waals surface area contributed by atoms with Crippen LogP contribution in [0, 0.1) is 6.92 Å². The fourth-order valence-corrected chi connectivity index (χ4v) is 3.66. The highest BCUT2D eigenvalue weighted by molar-refractivity contribution is 5.92. The molecule has 0 bridgehead atoms. The van der Waals surface area contributed by atoms with Crippen molar-refractivity contribution in [3.63, 3.8) is 0 Å². The number of aryl methyl sites for hydroxylation is 1. The van der Waals surface area contributed by atoms with E-state index in [9.17, 15) is 13.2 Å². The maximum absolute atomic E-state index is 13.1. The van der Waals surface area contributed by atoms with Gasteiger partial charge in [0.05, 0.1) is 18.2 Å². The maximum atomic E-state index is 13.1. The van der Waals surface area contributed by atoms with E-state index < -0.39 is 17.8 Å². The third kappa shape index (κ3) is 4.98. The lowest BCUT2D eigenvalue weighted by Crippen LogP contribution is -2.21. The summed E-state index contributed by atoms with van der Waals surface area (Å²) in [6.07, 6.45) is -2.54. The highest BCUT2D eigenvalue weighted by Gasteiger charge is 2.44. The normalized spacial score (nSPS) is 15.8. The first-order valence-electron chi connectivity index (χ1n) is 10.6. The summed E-state index contributed by atoms with van der Waals surface area (Å²) < 4.78 is 56.5. The van der Waals surface area contributed by atoms with E-state index >= 15 is 0 Å². The summed E-state index contributed by atoms with van der Waals surface area (Å²) in [7, 11) is 3.22. The summed E-state index contributed by atoms with van der Waals surface area (Å²) >= 11 is 0. The first-order valence-corrected chi connectivity index (χ1v) is 10.6. The second-order valence-corrected chi connectivity index (χ2v) is 8.30. The number of hydrogen-bond donors (Lipinski definition) is 1. The number of rotatable bonds is 8. The number of methoxy groups -OCH3 is 2. The van der Waals surface area contributed by atoms with Crippen LogP contribution in [-0.2, 0) is 10.9 Å². The summed E-state index contributed by atoms with van der Waals surface area (Å²) in [4.78, 5) is 9.00. The fourth-order valence-electron chi connectivity index (χ4n) is 3.66. The Morgan fingerprint density at radius 3 is 2.48 bits per heavy atom. The molecule has 1 saturated carbocycles. The minimum absolute atomic E-state index is 0.261. The molecule has 0 amide bonds. The molecule has 2 aromatic carbocycles. The SMILES string of the molecule is COc1cc2nc(C)nc(N[C@H](C)c3cccc(C(F)(F)F)c3)c2cc1OCC1(OC)CC1. The van der Waals surface area contributed by atoms with E-state index in [4.69, 9.17) is 14.2 Å². The van der Waals surface area contributed by atoms with Crippen molar-refractivity contribution in [1.29, 1.82) is 0 Å². The molecule has 0 unspecified atom stereocenters. The average molecular weight is 461 g/mol. The van der Waals surface area contributed by atoms with Gasteiger partial charge in [-0.05, 0) is 50.5 Å². The fraction of sp³-hybridized carbons (Fsp3) is 0.417. The number of ether oxygens (including phenoxy) is 3. The Hall–Kier alpha value is -3.07. The topological polar surface area (TPSA) is 65.5 Å². The first kappa shape index (κ1) is 23.1. The van der Waals surface area contributed by atoms with E-state index in [0.29, 0.717) is 46.2 Å². The van der Waals surface area contributed by atoms with Gasteiger partial charge in [0.1, 0.15) is 23.9 Å². The van der Waals surface area contributed by atoms with Crippen LogP contribution in [0.4, 0.5) is 19.0 Å². The predicted molar refractivity (Wildman–Crippen MR) is 119 cm³/mol. The lowest BCUT2D eigenvalue weighted by molar-refractivity contribution is -0.137. The molecular weight excluding hydrogens is 435 g/mol. The summed E-state index contributed by atoms with van der Waals surface area (Å²) in [5.41, 5.74) is 0.182. The zero-order valence-corrected chi connectivity index (χ0v) is 18.9. The Balaban J connectivity index is 1.67. The minimum Gasteiger partial charge on any atom is -0.493 e. The number of alkyl halides is 3. The van der Waals surface area contributed by atoms with Gasteiger partial charge in [-0.2, -0.15) is 13.2 Å². The number of anilines is 1. The minimum atomic E-state index is -4.40. The molecule has 0 aliphatic heterocycles. The Morgan fingerprint density at radius 2 is 1.85 bits per heavy atom. The molecule has 6 nitrogen and oxygen atoms in total. The number of fused-ring (bicyclic) bond motifs is 1. The van der Waals surface area contributed by atoms with E-state index in [2.05, 4.69) is 15.3 Å². The molecule has 1 aromatic heterocycles. The number of nitrogens with zero attached hydrogens (tertiary/aromatic N) is 2. The van der Waals surface area contributed by atoms with E-state index in [-0.39, 0.29) is 5.60 Å². The van der Waals surface area contributed by atoms with Crippen LogP contribution in [0.15, 0.2) is 36.4 Å². The lowest BCUT2D eigenvalue weighted by atomic mass is 10.0. The van der Waals surface area contributed by atoms with E-state index in [1.807, 2.05) is 0 Å². The summed E-state index contributed by atoms with van der Waals surface area (Å²) in [6, 6.07) is 8.39. The zero-order valence-electron chi connectivity index (χ0n) is 18.9. The largest absolute Gasteiger partial charge is 0.493 e. The van der Waals surface area contributed by atoms with Gasteiger partial charge in [0.15, 0.2) is 11.5 Å². The first-order chi connectivity index (χ1) is 15.6. The Morgan fingerprint density at radius 1 is 1.09 bits per heavy atom. The van der Waals surface area contributed by atoms with Crippen molar-refractivity contribution in [2.24, 2.45) is 0 Å². The van der Waals surface area contributed by atoms with Crippen molar-refractivity contribution in [3.05, 3.63) is 53.3 Å². The predicted octanol–water partition coefficient (Wildman–Crippen LogP) is 5.70. The smallest absolute Gasteiger partial charge is 0.416 e. The van der Waals surface area contributed by atoms with Gasteiger partial charge >= 0.3 is 6.18 Å². The van der Waals surface area contributed by atoms with Crippen LogP contribution in [0.3, 0.4) is 0 Å². The average Bonchev–Trinajstić information content (AvgIpc) is 3.57. The molecule has 0 saturated heterocycles. The van der Waals surface area contributed by atoms with Crippen molar-refractivity contribution in [2.75, 3.05) is 26.1 Å². The molecule has 0 spiro atoms.